The standard InChI is InChI=1S/C19H28N4O2S.C8H9Cl/c1-5-15-12-21(13-17-20-11-16(14(2)24)23(15)17)18(25)7-8-19(3,26-4)22-9-6-10-22;1-2-7-5-3-4-6-8(7)9/h7-8,11,15H,5-6,9-10,12-13H2,1-4H3;3-6H,2H2,1H3/b8-7+;/t15?,19-;/m0./s1. The van der Waals surface area contributed by atoms with Crippen molar-refractivity contribution in [3.63, 3.8) is 0 Å². The fourth-order valence-electron chi connectivity index (χ4n) is 4.41. The minimum absolute atomic E-state index is 0.0165. The van der Waals surface area contributed by atoms with Crippen LogP contribution in [0.3, 0.4) is 0 Å². The molecule has 2 aromatic rings. The molecule has 1 aromatic carbocycles. The number of carbonyl (C=O) groups is 2. The van der Waals surface area contributed by atoms with E-state index < -0.39 is 0 Å². The second kappa shape index (κ2) is 12.2. The minimum Gasteiger partial charge on any atom is -0.330 e. The van der Waals surface area contributed by atoms with Gasteiger partial charge >= 0.3 is 0 Å². The molecule has 1 aromatic heterocycles. The van der Waals surface area contributed by atoms with Crippen LogP contribution < -0.4 is 0 Å². The molecule has 2 atom stereocenters. The zero-order valence-electron chi connectivity index (χ0n) is 21.5. The summed E-state index contributed by atoms with van der Waals surface area (Å²) >= 11 is 7.58. The van der Waals surface area contributed by atoms with E-state index in [1.165, 1.54) is 12.0 Å². The molecule has 6 nitrogen and oxygen atoms in total. The smallest absolute Gasteiger partial charge is 0.246 e. The van der Waals surface area contributed by atoms with E-state index in [-0.39, 0.29) is 22.6 Å². The van der Waals surface area contributed by atoms with Gasteiger partial charge in [0.15, 0.2) is 5.78 Å². The molecule has 2 aliphatic heterocycles. The highest BCUT2D eigenvalue weighted by atomic mass is 35.5. The third-order valence-electron chi connectivity index (χ3n) is 6.92. The molecule has 4 rings (SSSR count). The minimum atomic E-state index is -0.131. The van der Waals surface area contributed by atoms with E-state index in [0.29, 0.717) is 18.8 Å². The van der Waals surface area contributed by atoms with Crippen LogP contribution in [0.15, 0.2) is 42.6 Å². The number of Topliss-reactive ketones (excluding diaryl/α,β-unsaturated/α-hetero) is 1. The van der Waals surface area contributed by atoms with Crippen molar-refractivity contribution in [2.24, 2.45) is 0 Å². The van der Waals surface area contributed by atoms with Crippen molar-refractivity contribution in [3.8, 4) is 0 Å². The van der Waals surface area contributed by atoms with Gasteiger partial charge in [-0.3, -0.25) is 14.5 Å². The average molecular weight is 517 g/mol. The summed E-state index contributed by atoms with van der Waals surface area (Å²) in [4.78, 5) is 33.1. The quantitative estimate of drug-likeness (QED) is 0.353. The summed E-state index contributed by atoms with van der Waals surface area (Å²) in [6, 6.07) is 8.01. The van der Waals surface area contributed by atoms with Crippen LogP contribution in [0.25, 0.3) is 0 Å². The summed E-state index contributed by atoms with van der Waals surface area (Å²) < 4.78 is 2.02. The molecule has 2 aliphatic rings. The van der Waals surface area contributed by atoms with Crippen molar-refractivity contribution in [1.29, 1.82) is 0 Å². The second-order valence-electron chi connectivity index (χ2n) is 9.14. The predicted octanol–water partition coefficient (Wildman–Crippen LogP) is 5.62. The van der Waals surface area contributed by atoms with Crippen molar-refractivity contribution in [2.75, 3.05) is 25.9 Å². The van der Waals surface area contributed by atoms with Crippen LogP contribution in [0.5, 0.6) is 0 Å². The van der Waals surface area contributed by atoms with Gasteiger partial charge in [-0.05, 0) is 50.1 Å². The number of benzene rings is 1. The molecule has 8 heteroatoms. The number of hydrogen-bond donors (Lipinski definition) is 0. The molecular weight excluding hydrogens is 480 g/mol. The first-order valence-corrected chi connectivity index (χ1v) is 13.9. The van der Waals surface area contributed by atoms with Gasteiger partial charge in [0.1, 0.15) is 11.5 Å². The van der Waals surface area contributed by atoms with Gasteiger partial charge in [0, 0.05) is 37.7 Å². The van der Waals surface area contributed by atoms with Crippen molar-refractivity contribution in [2.45, 2.75) is 64.4 Å². The number of amides is 1. The van der Waals surface area contributed by atoms with Crippen LogP contribution in [0.1, 0.15) is 68.5 Å². The summed E-state index contributed by atoms with van der Waals surface area (Å²) in [6.07, 6.45) is 10.6. The molecule has 1 saturated heterocycles. The number of halogens is 1. The fraction of sp³-hybridized carbons (Fsp3) is 0.519. The van der Waals surface area contributed by atoms with Gasteiger partial charge in [-0.15, -0.1) is 11.8 Å². The predicted molar refractivity (Wildman–Crippen MR) is 145 cm³/mol. The van der Waals surface area contributed by atoms with Crippen molar-refractivity contribution < 1.29 is 9.59 Å². The Balaban J connectivity index is 0.000000320. The first-order valence-electron chi connectivity index (χ1n) is 12.3. The first-order chi connectivity index (χ1) is 16.7. The highest BCUT2D eigenvalue weighted by Gasteiger charge is 2.34. The van der Waals surface area contributed by atoms with Crippen LogP contribution >= 0.6 is 23.4 Å². The number of rotatable bonds is 7. The highest BCUT2D eigenvalue weighted by molar-refractivity contribution is 8.00. The number of hydrogen-bond acceptors (Lipinski definition) is 5. The number of aromatic nitrogens is 2. The number of carbonyl (C=O) groups excluding carboxylic acids is 2. The molecule has 0 radical (unpaired) electrons. The molecule has 1 fully saturated rings. The van der Waals surface area contributed by atoms with Crippen LogP contribution in [0.2, 0.25) is 5.02 Å². The SMILES string of the molecule is CCC1CN(C(=O)/C=C/[C@](C)(SC)N2CCC2)Cc2ncc(C(C)=O)n21.CCc1ccccc1Cl. The number of thioether (sulfide) groups is 1. The van der Waals surface area contributed by atoms with Gasteiger partial charge < -0.3 is 9.47 Å². The fourth-order valence-corrected chi connectivity index (χ4v) is 5.33. The maximum absolute atomic E-state index is 12.8. The maximum Gasteiger partial charge on any atom is 0.246 e. The Morgan fingerprint density at radius 3 is 2.49 bits per heavy atom. The number of likely N-dealkylation sites (tertiary alicyclic amines) is 1. The molecule has 1 unspecified atom stereocenters. The Kier molecular flexibility index (Phi) is 9.62. The van der Waals surface area contributed by atoms with E-state index in [0.717, 1.165) is 36.8 Å². The normalized spacial score (nSPS) is 19.4. The van der Waals surface area contributed by atoms with Crippen molar-refractivity contribution in [1.82, 2.24) is 19.4 Å². The lowest BCUT2D eigenvalue weighted by atomic mass is 10.1. The summed E-state index contributed by atoms with van der Waals surface area (Å²) in [6.45, 7) is 11.1. The van der Waals surface area contributed by atoms with Crippen molar-refractivity contribution in [3.05, 3.63) is 64.7 Å². The van der Waals surface area contributed by atoms with Crippen LogP contribution in [-0.2, 0) is 17.8 Å². The number of fused-ring (bicyclic) bond motifs is 1. The molecule has 0 saturated carbocycles. The highest BCUT2D eigenvalue weighted by Crippen LogP contribution is 2.33. The average Bonchev–Trinajstić information content (AvgIpc) is 3.26. The molecule has 0 bridgehead atoms. The van der Waals surface area contributed by atoms with E-state index in [2.05, 4.69) is 36.9 Å². The lowest BCUT2D eigenvalue weighted by molar-refractivity contribution is -0.128. The van der Waals surface area contributed by atoms with Crippen molar-refractivity contribution >= 4 is 35.1 Å². The lowest BCUT2D eigenvalue weighted by Gasteiger charge is -2.44. The number of aryl methyl sites for hydroxylation is 1. The Morgan fingerprint density at radius 2 is 1.97 bits per heavy atom. The monoisotopic (exact) mass is 516 g/mol. The molecular formula is C27H37ClN4O2S. The molecule has 1 amide bonds. The summed E-state index contributed by atoms with van der Waals surface area (Å²) in [5, 5.41) is 0.875. The molecule has 0 spiro atoms. The van der Waals surface area contributed by atoms with Gasteiger partial charge in [0.25, 0.3) is 0 Å². The van der Waals surface area contributed by atoms with Gasteiger partial charge in [-0.25, -0.2) is 4.98 Å². The number of nitrogens with zero attached hydrogens (tertiary/aromatic N) is 4. The Hall–Kier alpha value is -2.09. The first kappa shape index (κ1) is 27.5. The molecule has 35 heavy (non-hydrogen) atoms. The van der Waals surface area contributed by atoms with Crippen LogP contribution in [0, 0.1) is 0 Å². The molecule has 0 N–H and O–H groups in total. The molecule has 0 aliphatic carbocycles. The van der Waals surface area contributed by atoms with Crippen LogP contribution in [-0.4, -0.2) is 61.8 Å². The summed E-state index contributed by atoms with van der Waals surface area (Å²) in [7, 11) is 0. The maximum atomic E-state index is 12.8. The number of ketones is 1. The molecule has 190 valence electrons. The largest absolute Gasteiger partial charge is 0.330 e. The zero-order chi connectivity index (χ0) is 25.6. The zero-order valence-corrected chi connectivity index (χ0v) is 23.0. The van der Waals surface area contributed by atoms with Crippen LogP contribution in [0.4, 0.5) is 0 Å². The Labute approximate surface area is 218 Å². The third-order valence-corrected chi connectivity index (χ3v) is 8.51. The summed E-state index contributed by atoms with van der Waals surface area (Å²) in [5.74, 6) is 0.834. The van der Waals surface area contributed by atoms with Gasteiger partial charge in [0.05, 0.1) is 23.7 Å². The van der Waals surface area contributed by atoms with Gasteiger partial charge in [0.2, 0.25) is 5.91 Å². The van der Waals surface area contributed by atoms with E-state index in [1.54, 1.807) is 31.0 Å². The Morgan fingerprint density at radius 1 is 1.26 bits per heavy atom. The lowest BCUT2D eigenvalue weighted by Crippen LogP contribution is -2.50. The second-order valence-corrected chi connectivity index (χ2v) is 10.8. The Bertz CT molecular complexity index is 1070. The van der Waals surface area contributed by atoms with E-state index in [4.69, 9.17) is 11.6 Å². The van der Waals surface area contributed by atoms with E-state index in [1.807, 2.05) is 39.8 Å². The third kappa shape index (κ3) is 6.38. The molecule has 3 heterocycles. The van der Waals surface area contributed by atoms with E-state index in [9.17, 15) is 9.59 Å². The summed E-state index contributed by atoms with van der Waals surface area (Å²) in [5.41, 5.74) is 1.86. The van der Waals surface area contributed by atoms with E-state index >= 15 is 0 Å². The number of imidazole rings is 1. The topological polar surface area (TPSA) is 58.4 Å². The van der Waals surface area contributed by atoms with Gasteiger partial charge in [-0.1, -0.05) is 43.6 Å². The van der Waals surface area contributed by atoms with Gasteiger partial charge in [-0.2, -0.15) is 0 Å².